The second-order valence-corrected chi connectivity index (χ2v) is 8.83. The molecule has 0 bridgehead atoms. The number of carboxylic acids is 1. The monoisotopic (exact) mass is 504 g/mol. The van der Waals surface area contributed by atoms with Crippen LogP contribution >= 0.6 is 11.6 Å². The predicted octanol–water partition coefficient (Wildman–Crippen LogP) is 7.47. The fourth-order valence-corrected chi connectivity index (χ4v) is 4.08. The molecule has 4 aromatic rings. The first-order chi connectivity index (χ1) is 17.2. The standard InChI is InChI=1S/C28H25ClN2O5/c1-16(27(32)33)19-8-10-20(11-9-19)21-12-14-22(15-13-21)26-25(17(2)31-36-26)30-28(34)35-18(3)23-6-4-5-7-24(23)29/h4-16,18H,1-3H3,(H,30,34)(H,32,33)/t16-,18+/m0/s1. The number of carbonyl (C=O) groups excluding carboxylic acids is 1. The van der Waals surface area contributed by atoms with Gasteiger partial charge >= 0.3 is 12.1 Å². The van der Waals surface area contributed by atoms with E-state index in [4.69, 9.17) is 20.9 Å². The van der Waals surface area contributed by atoms with E-state index in [0.29, 0.717) is 27.7 Å². The van der Waals surface area contributed by atoms with E-state index < -0.39 is 24.1 Å². The smallest absolute Gasteiger partial charge is 0.412 e. The second kappa shape index (κ2) is 10.7. The van der Waals surface area contributed by atoms with Crippen LogP contribution in [0.4, 0.5) is 10.5 Å². The van der Waals surface area contributed by atoms with E-state index in [0.717, 1.165) is 22.3 Å². The Morgan fingerprint density at radius 1 is 0.944 bits per heavy atom. The second-order valence-electron chi connectivity index (χ2n) is 8.43. The van der Waals surface area contributed by atoms with Crippen molar-refractivity contribution >= 4 is 29.4 Å². The van der Waals surface area contributed by atoms with E-state index in [1.54, 1.807) is 32.9 Å². The van der Waals surface area contributed by atoms with Crippen molar-refractivity contribution in [3.63, 3.8) is 0 Å². The summed E-state index contributed by atoms with van der Waals surface area (Å²) in [6, 6.07) is 22.2. The van der Waals surface area contributed by atoms with Gasteiger partial charge in [-0.3, -0.25) is 10.1 Å². The summed E-state index contributed by atoms with van der Waals surface area (Å²) in [6.07, 6.45) is -1.20. The fourth-order valence-electron chi connectivity index (χ4n) is 3.80. The number of anilines is 1. The number of aryl methyl sites for hydroxylation is 1. The maximum Gasteiger partial charge on any atom is 0.412 e. The Labute approximate surface area is 213 Å². The first-order valence-electron chi connectivity index (χ1n) is 11.4. The molecule has 2 atom stereocenters. The Hall–Kier alpha value is -4.10. The molecule has 2 N–H and O–H groups in total. The van der Waals surface area contributed by atoms with Crippen molar-refractivity contribution in [2.24, 2.45) is 0 Å². The van der Waals surface area contributed by atoms with E-state index in [1.807, 2.05) is 60.7 Å². The summed E-state index contributed by atoms with van der Waals surface area (Å²) in [5.74, 6) is -1.02. The number of aromatic nitrogens is 1. The lowest BCUT2D eigenvalue weighted by molar-refractivity contribution is -0.138. The molecule has 0 spiro atoms. The molecule has 0 saturated carbocycles. The molecule has 1 aromatic heterocycles. The normalized spacial score (nSPS) is 12.6. The number of amides is 1. The van der Waals surface area contributed by atoms with Gasteiger partial charge in [0.1, 0.15) is 17.5 Å². The number of carbonyl (C=O) groups is 2. The zero-order valence-electron chi connectivity index (χ0n) is 20.0. The maximum atomic E-state index is 12.6. The summed E-state index contributed by atoms with van der Waals surface area (Å²) in [5.41, 5.74) is 5.01. The average Bonchev–Trinajstić information content (AvgIpc) is 3.23. The van der Waals surface area contributed by atoms with Gasteiger partial charge in [0.15, 0.2) is 5.76 Å². The highest BCUT2D eigenvalue weighted by molar-refractivity contribution is 6.31. The van der Waals surface area contributed by atoms with Crippen molar-refractivity contribution in [1.82, 2.24) is 5.16 Å². The minimum absolute atomic E-state index is 0.409. The van der Waals surface area contributed by atoms with Crippen LogP contribution in [0, 0.1) is 6.92 Å². The third kappa shape index (κ3) is 5.42. The molecular weight excluding hydrogens is 480 g/mol. The van der Waals surface area contributed by atoms with Crippen LogP contribution in [0.25, 0.3) is 22.5 Å². The van der Waals surface area contributed by atoms with Gasteiger partial charge in [-0.25, -0.2) is 4.79 Å². The van der Waals surface area contributed by atoms with Gasteiger partial charge in [-0.1, -0.05) is 83.5 Å². The third-order valence-corrected chi connectivity index (χ3v) is 6.32. The van der Waals surface area contributed by atoms with Crippen molar-refractivity contribution in [3.05, 3.63) is 94.6 Å². The van der Waals surface area contributed by atoms with Gasteiger partial charge in [0.2, 0.25) is 0 Å². The summed E-state index contributed by atoms with van der Waals surface area (Å²) < 4.78 is 11.0. The quantitative estimate of drug-likeness (QED) is 0.270. The van der Waals surface area contributed by atoms with Gasteiger partial charge in [0.25, 0.3) is 0 Å². The number of ether oxygens (including phenoxy) is 1. The molecule has 0 aliphatic rings. The van der Waals surface area contributed by atoms with E-state index in [1.165, 1.54) is 0 Å². The number of hydrogen-bond donors (Lipinski definition) is 2. The van der Waals surface area contributed by atoms with Crippen LogP contribution < -0.4 is 5.32 Å². The van der Waals surface area contributed by atoms with E-state index in [9.17, 15) is 14.7 Å². The zero-order valence-corrected chi connectivity index (χ0v) is 20.7. The van der Waals surface area contributed by atoms with Crippen molar-refractivity contribution in [2.45, 2.75) is 32.8 Å². The molecule has 0 unspecified atom stereocenters. The molecule has 4 rings (SSSR count). The fraction of sp³-hybridized carbons (Fsp3) is 0.179. The Morgan fingerprint density at radius 2 is 1.53 bits per heavy atom. The van der Waals surface area contributed by atoms with Gasteiger partial charge in [-0.2, -0.15) is 0 Å². The Balaban J connectivity index is 1.49. The maximum absolute atomic E-state index is 12.6. The molecule has 1 amide bonds. The number of carboxylic acid groups (broad SMARTS) is 1. The van der Waals surface area contributed by atoms with Crippen LogP contribution in [0.15, 0.2) is 77.3 Å². The minimum Gasteiger partial charge on any atom is -0.481 e. The number of hydrogen-bond acceptors (Lipinski definition) is 5. The molecule has 3 aromatic carbocycles. The average molecular weight is 505 g/mol. The molecule has 0 fully saturated rings. The van der Waals surface area contributed by atoms with Crippen molar-refractivity contribution in [3.8, 4) is 22.5 Å². The lowest BCUT2D eigenvalue weighted by Gasteiger charge is -2.15. The largest absolute Gasteiger partial charge is 0.481 e. The van der Waals surface area contributed by atoms with E-state index in [-0.39, 0.29) is 0 Å². The van der Waals surface area contributed by atoms with Crippen molar-refractivity contribution in [1.29, 1.82) is 0 Å². The Kier molecular flexibility index (Phi) is 7.41. The summed E-state index contributed by atoms with van der Waals surface area (Å²) in [7, 11) is 0. The van der Waals surface area contributed by atoms with Gasteiger partial charge < -0.3 is 14.4 Å². The van der Waals surface area contributed by atoms with Gasteiger partial charge in [0, 0.05) is 16.1 Å². The van der Waals surface area contributed by atoms with Crippen molar-refractivity contribution in [2.75, 3.05) is 5.32 Å². The van der Waals surface area contributed by atoms with Crippen LogP contribution in [0.1, 0.15) is 42.7 Å². The number of aliphatic carboxylic acids is 1. The molecule has 7 nitrogen and oxygen atoms in total. The predicted molar refractivity (Wildman–Crippen MR) is 138 cm³/mol. The highest BCUT2D eigenvalue weighted by Crippen LogP contribution is 2.33. The molecule has 8 heteroatoms. The molecule has 184 valence electrons. The van der Waals surface area contributed by atoms with E-state index >= 15 is 0 Å². The molecule has 0 aliphatic carbocycles. The van der Waals surface area contributed by atoms with Crippen molar-refractivity contribution < 1.29 is 24.0 Å². The molecule has 0 aliphatic heterocycles. The number of benzene rings is 3. The Bertz CT molecular complexity index is 1380. The van der Waals surface area contributed by atoms with Crippen LogP contribution in [-0.4, -0.2) is 22.3 Å². The van der Waals surface area contributed by atoms with Gasteiger partial charge in [-0.15, -0.1) is 0 Å². The van der Waals surface area contributed by atoms with E-state index in [2.05, 4.69) is 10.5 Å². The first kappa shape index (κ1) is 25.0. The van der Waals surface area contributed by atoms with Crippen LogP contribution in [0.2, 0.25) is 5.02 Å². The lowest BCUT2D eigenvalue weighted by Crippen LogP contribution is -2.17. The highest BCUT2D eigenvalue weighted by Gasteiger charge is 2.21. The number of nitrogens with one attached hydrogen (secondary N) is 1. The molecule has 36 heavy (non-hydrogen) atoms. The SMILES string of the molecule is Cc1noc(-c2ccc(-c3ccc([C@H](C)C(=O)O)cc3)cc2)c1NC(=O)O[C@H](C)c1ccccc1Cl. The molecule has 0 saturated heterocycles. The molecule has 1 heterocycles. The lowest BCUT2D eigenvalue weighted by atomic mass is 9.97. The van der Waals surface area contributed by atoms with Gasteiger partial charge in [-0.05, 0) is 43.5 Å². The summed E-state index contributed by atoms with van der Waals surface area (Å²) >= 11 is 6.21. The summed E-state index contributed by atoms with van der Waals surface area (Å²) in [5, 5.41) is 16.5. The highest BCUT2D eigenvalue weighted by atomic mass is 35.5. The van der Waals surface area contributed by atoms with Crippen LogP contribution in [-0.2, 0) is 9.53 Å². The molecule has 0 radical (unpaired) electrons. The van der Waals surface area contributed by atoms with Crippen LogP contribution in [0.3, 0.4) is 0 Å². The first-order valence-corrected chi connectivity index (χ1v) is 11.7. The number of halogens is 1. The summed E-state index contributed by atoms with van der Waals surface area (Å²) in [6.45, 7) is 5.13. The number of rotatable bonds is 7. The van der Waals surface area contributed by atoms with Gasteiger partial charge in [0.05, 0.1) is 5.92 Å². The van der Waals surface area contributed by atoms with Crippen LogP contribution in [0.5, 0.6) is 0 Å². The topological polar surface area (TPSA) is 102 Å². The summed E-state index contributed by atoms with van der Waals surface area (Å²) in [4.78, 5) is 23.8. The number of nitrogens with zero attached hydrogens (tertiary/aromatic N) is 1. The Morgan fingerprint density at radius 3 is 2.14 bits per heavy atom. The minimum atomic E-state index is -0.860. The molecular formula is C28H25ClN2O5. The zero-order chi connectivity index (χ0) is 25.8. The third-order valence-electron chi connectivity index (χ3n) is 5.98.